The molecule has 0 saturated heterocycles. The highest BCUT2D eigenvalue weighted by molar-refractivity contribution is 5.59. The van der Waals surface area contributed by atoms with E-state index in [1.54, 1.807) is 0 Å². The van der Waals surface area contributed by atoms with Crippen LogP contribution in [0.2, 0.25) is 0 Å². The molecule has 0 amide bonds. The first kappa shape index (κ1) is 17.8. The second-order valence-electron chi connectivity index (χ2n) is 7.52. The molecule has 0 radical (unpaired) electrons. The van der Waals surface area contributed by atoms with E-state index >= 15 is 0 Å². The molecule has 1 aliphatic rings. The summed E-state index contributed by atoms with van der Waals surface area (Å²) in [6.07, 6.45) is -0.0524. The fourth-order valence-electron chi connectivity index (χ4n) is 3.69. The number of benzene rings is 2. The zero-order chi connectivity index (χ0) is 20.0. The van der Waals surface area contributed by atoms with E-state index in [9.17, 15) is 0 Å². The van der Waals surface area contributed by atoms with Gasteiger partial charge in [0.25, 0.3) is 5.89 Å². The van der Waals surface area contributed by atoms with Crippen LogP contribution in [0.1, 0.15) is 34.1 Å². The van der Waals surface area contributed by atoms with E-state index in [2.05, 4.69) is 52.5 Å². The van der Waals surface area contributed by atoms with Crippen LogP contribution in [-0.4, -0.2) is 25.1 Å². The Morgan fingerprint density at radius 2 is 1.79 bits per heavy atom. The molecule has 29 heavy (non-hydrogen) atoms. The monoisotopic (exact) mass is 387 g/mol. The third kappa shape index (κ3) is 3.23. The number of hydrogen-bond acceptors (Lipinski definition) is 6. The van der Waals surface area contributed by atoms with Crippen molar-refractivity contribution in [3.63, 3.8) is 0 Å². The number of hydrogen-bond donors (Lipinski definition) is 0. The summed E-state index contributed by atoms with van der Waals surface area (Å²) in [5, 5.41) is 12.7. The topological polar surface area (TPSA) is 78.9 Å². The van der Waals surface area contributed by atoms with Gasteiger partial charge < -0.3 is 9.26 Å². The van der Waals surface area contributed by atoms with Crippen LogP contribution in [0.5, 0.6) is 0 Å². The molecule has 2 aromatic heterocycles. The highest BCUT2D eigenvalue weighted by Crippen LogP contribution is 2.32. The van der Waals surface area contributed by atoms with E-state index in [1.807, 2.05) is 35.9 Å². The second kappa shape index (κ2) is 6.93. The van der Waals surface area contributed by atoms with Gasteiger partial charge in [0, 0.05) is 5.56 Å². The standard InChI is InChI=1S/C22H21N5O2/c1-13-4-7-16(8-5-13)21-23-22(29-25-21)20-18-12-28-19(11-27(18)26-24-20)17-9-6-14(2)10-15(17)3/h4-10,19H,11-12H2,1-3H3/t19-/m1/s1. The van der Waals surface area contributed by atoms with Crippen molar-refractivity contribution in [1.29, 1.82) is 0 Å². The Bertz CT molecular complexity index is 1180. The average molecular weight is 387 g/mol. The van der Waals surface area contributed by atoms with Gasteiger partial charge in [0.15, 0.2) is 5.69 Å². The van der Waals surface area contributed by atoms with Crippen LogP contribution in [0.15, 0.2) is 47.0 Å². The predicted octanol–water partition coefficient (Wildman–Crippen LogP) is 4.19. The SMILES string of the molecule is Cc1ccc(-c2noc(-c3nnn4c3CO[C@@H](c3ccc(C)cc3C)C4)n2)cc1. The Morgan fingerprint density at radius 3 is 2.59 bits per heavy atom. The molecule has 0 aliphatic carbocycles. The number of aryl methyl sites for hydroxylation is 3. The maximum Gasteiger partial charge on any atom is 0.280 e. The van der Waals surface area contributed by atoms with E-state index in [-0.39, 0.29) is 6.10 Å². The van der Waals surface area contributed by atoms with Crippen molar-refractivity contribution >= 4 is 0 Å². The van der Waals surface area contributed by atoms with Crippen molar-refractivity contribution in [1.82, 2.24) is 25.1 Å². The van der Waals surface area contributed by atoms with Crippen LogP contribution in [0, 0.1) is 20.8 Å². The van der Waals surface area contributed by atoms with E-state index in [0.29, 0.717) is 30.6 Å². The van der Waals surface area contributed by atoms with Gasteiger partial charge in [-0.3, -0.25) is 0 Å². The van der Waals surface area contributed by atoms with Crippen molar-refractivity contribution in [2.75, 3.05) is 0 Å². The van der Waals surface area contributed by atoms with Gasteiger partial charge in [0.2, 0.25) is 5.82 Å². The molecule has 7 nitrogen and oxygen atoms in total. The third-order valence-electron chi connectivity index (χ3n) is 5.31. The van der Waals surface area contributed by atoms with Gasteiger partial charge in [-0.05, 0) is 31.9 Å². The molecule has 0 fully saturated rings. The first-order chi connectivity index (χ1) is 14.1. The quantitative estimate of drug-likeness (QED) is 0.524. The van der Waals surface area contributed by atoms with Gasteiger partial charge in [-0.1, -0.05) is 64.0 Å². The lowest BCUT2D eigenvalue weighted by atomic mass is 10.0. The zero-order valence-corrected chi connectivity index (χ0v) is 16.6. The Labute approximate surface area is 168 Å². The molecule has 2 aromatic carbocycles. The van der Waals surface area contributed by atoms with Gasteiger partial charge in [-0.2, -0.15) is 4.98 Å². The van der Waals surface area contributed by atoms with Crippen molar-refractivity contribution in [2.45, 2.75) is 40.0 Å². The van der Waals surface area contributed by atoms with Crippen LogP contribution in [0.25, 0.3) is 23.0 Å². The highest BCUT2D eigenvalue weighted by atomic mass is 16.5. The summed E-state index contributed by atoms with van der Waals surface area (Å²) >= 11 is 0. The van der Waals surface area contributed by atoms with Crippen LogP contribution in [-0.2, 0) is 17.9 Å². The Kier molecular flexibility index (Phi) is 4.24. The summed E-state index contributed by atoms with van der Waals surface area (Å²) in [5.41, 5.74) is 7.15. The molecule has 1 atom stereocenters. The molecule has 0 N–H and O–H groups in total. The first-order valence-electron chi connectivity index (χ1n) is 9.61. The minimum Gasteiger partial charge on any atom is -0.365 e. The number of aromatic nitrogens is 5. The summed E-state index contributed by atoms with van der Waals surface area (Å²) in [5.74, 6) is 0.891. The third-order valence-corrected chi connectivity index (χ3v) is 5.31. The summed E-state index contributed by atoms with van der Waals surface area (Å²) in [4.78, 5) is 4.51. The van der Waals surface area contributed by atoms with Crippen LogP contribution in [0.3, 0.4) is 0 Å². The lowest BCUT2D eigenvalue weighted by Crippen LogP contribution is -2.22. The molecule has 7 heteroatoms. The summed E-state index contributed by atoms with van der Waals surface area (Å²) in [7, 11) is 0. The van der Waals surface area contributed by atoms with E-state index < -0.39 is 0 Å². The van der Waals surface area contributed by atoms with E-state index in [1.165, 1.54) is 22.3 Å². The molecule has 146 valence electrons. The molecule has 0 spiro atoms. The normalized spacial score (nSPS) is 16.0. The number of ether oxygens (including phenoxy) is 1. The fourth-order valence-corrected chi connectivity index (χ4v) is 3.69. The Morgan fingerprint density at radius 1 is 1.00 bits per heavy atom. The molecular weight excluding hydrogens is 366 g/mol. The van der Waals surface area contributed by atoms with Crippen molar-refractivity contribution < 1.29 is 9.26 Å². The van der Waals surface area contributed by atoms with Crippen LogP contribution in [0.4, 0.5) is 0 Å². The maximum atomic E-state index is 6.15. The predicted molar refractivity (Wildman–Crippen MR) is 107 cm³/mol. The summed E-state index contributed by atoms with van der Waals surface area (Å²) < 4.78 is 13.5. The van der Waals surface area contributed by atoms with Crippen molar-refractivity contribution in [2.24, 2.45) is 0 Å². The van der Waals surface area contributed by atoms with E-state index in [0.717, 1.165) is 11.3 Å². The molecular formula is C22H21N5O2. The number of nitrogens with zero attached hydrogens (tertiary/aromatic N) is 5. The minimum atomic E-state index is -0.0524. The van der Waals surface area contributed by atoms with Crippen LogP contribution >= 0.6 is 0 Å². The summed E-state index contributed by atoms with van der Waals surface area (Å²) in [6, 6.07) is 14.4. The first-order valence-corrected chi connectivity index (χ1v) is 9.61. The molecule has 4 aromatic rings. The van der Waals surface area contributed by atoms with Crippen molar-refractivity contribution in [3.05, 3.63) is 70.4 Å². The van der Waals surface area contributed by atoms with Crippen molar-refractivity contribution in [3.8, 4) is 23.0 Å². The number of fused-ring (bicyclic) bond motifs is 1. The van der Waals surface area contributed by atoms with Gasteiger partial charge in [0.05, 0.1) is 18.8 Å². The minimum absolute atomic E-state index is 0.0524. The summed E-state index contributed by atoms with van der Waals surface area (Å²) in [6.45, 7) is 7.24. The molecule has 1 aliphatic heterocycles. The zero-order valence-electron chi connectivity index (χ0n) is 16.6. The van der Waals surface area contributed by atoms with Gasteiger partial charge in [-0.15, -0.1) is 5.10 Å². The largest absolute Gasteiger partial charge is 0.365 e. The molecule has 0 bridgehead atoms. The van der Waals surface area contributed by atoms with Crippen LogP contribution < -0.4 is 0 Å². The van der Waals surface area contributed by atoms with Gasteiger partial charge >= 0.3 is 0 Å². The van der Waals surface area contributed by atoms with Gasteiger partial charge in [-0.25, -0.2) is 4.68 Å². The maximum absolute atomic E-state index is 6.15. The Balaban J connectivity index is 1.42. The molecule has 3 heterocycles. The lowest BCUT2D eigenvalue weighted by molar-refractivity contribution is -0.00153. The highest BCUT2D eigenvalue weighted by Gasteiger charge is 2.28. The molecule has 5 rings (SSSR count). The Hall–Kier alpha value is -3.32. The smallest absolute Gasteiger partial charge is 0.280 e. The molecule has 0 unspecified atom stereocenters. The number of rotatable bonds is 3. The van der Waals surface area contributed by atoms with E-state index in [4.69, 9.17) is 9.26 Å². The van der Waals surface area contributed by atoms with Gasteiger partial charge in [0.1, 0.15) is 6.10 Å². The average Bonchev–Trinajstić information content (AvgIpc) is 3.35. The molecule has 0 saturated carbocycles. The second-order valence-corrected chi connectivity index (χ2v) is 7.52. The lowest BCUT2D eigenvalue weighted by Gasteiger charge is -2.25. The fraction of sp³-hybridized carbons (Fsp3) is 0.273.